The number of halogens is 2. The molecule has 1 unspecified atom stereocenters. The zero-order valence-corrected chi connectivity index (χ0v) is 11.9. The van der Waals surface area contributed by atoms with Gasteiger partial charge in [0.05, 0.1) is 13.2 Å². The number of benzene rings is 2. The topological polar surface area (TPSA) is 29.5 Å². The molecule has 20 heavy (non-hydrogen) atoms. The lowest BCUT2D eigenvalue weighted by atomic mass is 10.1. The Morgan fingerprint density at radius 3 is 2.50 bits per heavy atom. The highest BCUT2D eigenvalue weighted by molar-refractivity contribution is 7.99. The van der Waals surface area contributed by atoms with Crippen molar-refractivity contribution >= 4 is 11.8 Å². The third-order valence-electron chi connectivity index (χ3n) is 2.78. The lowest BCUT2D eigenvalue weighted by molar-refractivity contribution is 0.191. The number of aliphatic hydroxyl groups is 1. The molecule has 106 valence electrons. The number of hydrogen-bond acceptors (Lipinski definition) is 3. The smallest absolute Gasteiger partial charge is 0.140 e. The third-order valence-corrected chi connectivity index (χ3v) is 3.90. The van der Waals surface area contributed by atoms with Crippen molar-refractivity contribution in [3.63, 3.8) is 0 Å². The van der Waals surface area contributed by atoms with Crippen molar-refractivity contribution in [3.8, 4) is 5.75 Å². The quantitative estimate of drug-likeness (QED) is 0.918. The standard InChI is InChI=1S/C15H14F2O2S/c1-9(18)15-12(19-2)4-3-5-14(15)20-13-7-6-10(16)8-11(13)17/h3-9,18H,1-2H3. The van der Waals surface area contributed by atoms with E-state index in [-0.39, 0.29) is 0 Å². The second-order valence-electron chi connectivity index (χ2n) is 4.22. The third kappa shape index (κ3) is 3.11. The summed E-state index contributed by atoms with van der Waals surface area (Å²) >= 11 is 1.13. The van der Waals surface area contributed by atoms with E-state index < -0.39 is 17.7 Å². The van der Waals surface area contributed by atoms with E-state index >= 15 is 0 Å². The first kappa shape index (κ1) is 14.8. The van der Waals surface area contributed by atoms with Crippen molar-refractivity contribution in [1.82, 2.24) is 0 Å². The Bertz CT molecular complexity index is 615. The SMILES string of the molecule is COc1cccc(Sc2ccc(F)cc2F)c1C(C)O. The van der Waals surface area contributed by atoms with Crippen LogP contribution in [-0.2, 0) is 0 Å². The average Bonchev–Trinajstić information content (AvgIpc) is 2.41. The molecule has 0 fully saturated rings. The second-order valence-corrected chi connectivity index (χ2v) is 5.31. The summed E-state index contributed by atoms with van der Waals surface area (Å²) in [5.41, 5.74) is 0.587. The molecule has 2 nitrogen and oxygen atoms in total. The zero-order valence-electron chi connectivity index (χ0n) is 11.1. The predicted molar refractivity (Wildman–Crippen MR) is 74.1 cm³/mol. The molecule has 1 N–H and O–H groups in total. The molecule has 0 aromatic heterocycles. The summed E-state index contributed by atoms with van der Waals surface area (Å²) in [6.45, 7) is 1.61. The van der Waals surface area contributed by atoms with Gasteiger partial charge in [-0.05, 0) is 31.2 Å². The maximum Gasteiger partial charge on any atom is 0.140 e. The maximum absolute atomic E-state index is 13.7. The van der Waals surface area contributed by atoms with Crippen LogP contribution in [0.5, 0.6) is 5.75 Å². The Morgan fingerprint density at radius 2 is 1.90 bits per heavy atom. The van der Waals surface area contributed by atoms with E-state index in [9.17, 15) is 13.9 Å². The van der Waals surface area contributed by atoms with Gasteiger partial charge in [0.15, 0.2) is 0 Å². The van der Waals surface area contributed by atoms with Crippen LogP contribution in [-0.4, -0.2) is 12.2 Å². The van der Waals surface area contributed by atoms with E-state index in [1.165, 1.54) is 19.2 Å². The van der Waals surface area contributed by atoms with Crippen LogP contribution >= 0.6 is 11.8 Å². The molecule has 2 rings (SSSR count). The van der Waals surface area contributed by atoms with Crippen LogP contribution in [0.3, 0.4) is 0 Å². The highest BCUT2D eigenvalue weighted by atomic mass is 32.2. The molecule has 0 spiro atoms. The summed E-state index contributed by atoms with van der Waals surface area (Å²) in [6.07, 6.45) is -0.753. The van der Waals surface area contributed by atoms with Gasteiger partial charge in [-0.1, -0.05) is 17.8 Å². The second kappa shape index (κ2) is 6.24. The molecule has 0 saturated heterocycles. The molecule has 0 radical (unpaired) electrons. The van der Waals surface area contributed by atoms with Gasteiger partial charge in [0.2, 0.25) is 0 Å². The Hall–Kier alpha value is -1.59. The first-order valence-electron chi connectivity index (χ1n) is 6.00. The van der Waals surface area contributed by atoms with Crippen LogP contribution in [0.4, 0.5) is 8.78 Å². The van der Waals surface area contributed by atoms with Crippen LogP contribution in [0.1, 0.15) is 18.6 Å². The van der Waals surface area contributed by atoms with Gasteiger partial charge in [0.1, 0.15) is 17.4 Å². The van der Waals surface area contributed by atoms with Gasteiger partial charge in [-0.3, -0.25) is 0 Å². The van der Waals surface area contributed by atoms with Crippen molar-refractivity contribution in [3.05, 3.63) is 53.6 Å². The molecule has 2 aromatic rings. The molecular formula is C15H14F2O2S. The molecule has 0 aliphatic heterocycles. The van der Waals surface area contributed by atoms with Gasteiger partial charge in [-0.2, -0.15) is 0 Å². The first-order chi connectivity index (χ1) is 9.52. The highest BCUT2D eigenvalue weighted by Crippen LogP contribution is 2.39. The summed E-state index contributed by atoms with van der Waals surface area (Å²) in [5, 5.41) is 9.86. The van der Waals surface area contributed by atoms with Gasteiger partial charge < -0.3 is 9.84 Å². The minimum atomic E-state index is -0.753. The van der Waals surface area contributed by atoms with Crippen molar-refractivity contribution in [2.75, 3.05) is 7.11 Å². The monoisotopic (exact) mass is 296 g/mol. The van der Waals surface area contributed by atoms with Crippen molar-refractivity contribution < 1.29 is 18.6 Å². The van der Waals surface area contributed by atoms with E-state index in [0.717, 1.165) is 17.8 Å². The van der Waals surface area contributed by atoms with Gasteiger partial charge in [0, 0.05) is 21.4 Å². The zero-order chi connectivity index (χ0) is 14.7. The molecule has 5 heteroatoms. The fourth-order valence-corrected chi connectivity index (χ4v) is 2.94. The van der Waals surface area contributed by atoms with E-state index in [1.807, 2.05) is 0 Å². The van der Waals surface area contributed by atoms with Crippen LogP contribution < -0.4 is 4.74 Å². The average molecular weight is 296 g/mol. The van der Waals surface area contributed by atoms with Gasteiger partial charge in [0.25, 0.3) is 0 Å². The lowest BCUT2D eigenvalue weighted by Gasteiger charge is -2.15. The number of ether oxygens (including phenoxy) is 1. The maximum atomic E-state index is 13.7. The summed E-state index contributed by atoms with van der Waals surface area (Å²) < 4.78 is 31.8. The highest BCUT2D eigenvalue weighted by Gasteiger charge is 2.16. The van der Waals surface area contributed by atoms with E-state index in [4.69, 9.17) is 4.74 Å². The van der Waals surface area contributed by atoms with Crippen LogP contribution in [0.25, 0.3) is 0 Å². The molecule has 0 aliphatic rings. The minimum absolute atomic E-state index is 0.293. The number of hydrogen-bond donors (Lipinski definition) is 1. The van der Waals surface area contributed by atoms with E-state index in [1.54, 1.807) is 25.1 Å². The fraction of sp³-hybridized carbons (Fsp3) is 0.200. The number of aliphatic hydroxyl groups excluding tert-OH is 1. The number of methoxy groups -OCH3 is 1. The largest absolute Gasteiger partial charge is 0.496 e. The minimum Gasteiger partial charge on any atom is -0.496 e. The van der Waals surface area contributed by atoms with E-state index in [2.05, 4.69) is 0 Å². The summed E-state index contributed by atoms with van der Waals surface area (Å²) in [5.74, 6) is -0.713. The van der Waals surface area contributed by atoms with Crippen molar-refractivity contribution in [2.24, 2.45) is 0 Å². The normalized spacial score (nSPS) is 12.2. The molecule has 0 amide bonds. The van der Waals surface area contributed by atoms with E-state index in [0.29, 0.717) is 21.1 Å². The van der Waals surface area contributed by atoms with Crippen molar-refractivity contribution in [2.45, 2.75) is 22.8 Å². The van der Waals surface area contributed by atoms with Gasteiger partial charge in [-0.15, -0.1) is 0 Å². The van der Waals surface area contributed by atoms with Crippen LogP contribution in [0, 0.1) is 11.6 Å². The lowest BCUT2D eigenvalue weighted by Crippen LogP contribution is -1.99. The summed E-state index contributed by atoms with van der Waals surface area (Å²) in [4.78, 5) is 0.964. The molecule has 1 atom stereocenters. The summed E-state index contributed by atoms with van der Waals surface area (Å²) in [6, 6.07) is 8.67. The fourth-order valence-electron chi connectivity index (χ4n) is 1.88. The molecular weight excluding hydrogens is 282 g/mol. The summed E-state index contributed by atoms with van der Waals surface area (Å²) in [7, 11) is 1.51. The Labute approximate surface area is 120 Å². The first-order valence-corrected chi connectivity index (χ1v) is 6.82. The van der Waals surface area contributed by atoms with Crippen LogP contribution in [0.2, 0.25) is 0 Å². The van der Waals surface area contributed by atoms with Gasteiger partial charge in [-0.25, -0.2) is 8.78 Å². The van der Waals surface area contributed by atoms with Crippen LogP contribution in [0.15, 0.2) is 46.2 Å². The Morgan fingerprint density at radius 1 is 1.15 bits per heavy atom. The molecule has 0 heterocycles. The number of rotatable bonds is 4. The van der Waals surface area contributed by atoms with Crippen molar-refractivity contribution in [1.29, 1.82) is 0 Å². The molecule has 0 bridgehead atoms. The Balaban J connectivity index is 2.43. The molecule has 2 aromatic carbocycles. The molecule has 0 aliphatic carbocycles. The Kier molecular flexibility index (Phi) is 4.62. The van der Waals surface area contributed by atoms with Gasteiger partial charge >= 0.3 is 0 Å². The molecule has 0 saturated carbocycles. The predicted octanol–water partition coefficient (Wildman–Crippen LogP) is 4.18.